The first-order valence-corrected chi connectivity index (χ1v) is 7.90. The third-order valence-corrected chi connectivity index (χ3v) is 4.80. The van der Waals surface area contributed by atoms with Crippen LogP contribution in [0.25, 0.3) is 0 Å². The van der Waals surface area contributed by atoms with E-state index in [0.717, 1.165) is 25.1 Å². The van der Waals surface area contributed by atoms with E-state index in [1.54, 1.807) is 0 Å². The maximum atomic E-state index is 5.81. The summed E-state index contributed by atoms with van der Waals surface area (Å²) in [5.41, 5.74) is 8.33. The fraction of sp³-hybridized carbons (Fsp3) is 0.471. The number of aromatic nitrogens is 3. The number of hydrogen-bond acceptors (Lipinski definition) is 5. The number of aryl methyl sites for hydroxylation is 2. The lowest BCUT2D eigenvalue weighted by atomic mass is 9.71. The predicted molar refractivity (Wildman–Crippen MR) is 88.5 cm³/mol. The number of anilines is 2. The predicted octanol–water partition coefficient (Wildman–Crippen LogP) is 2.93. The van der Waals surface area contributed by atoms with Gasteiger partial charge in [0.2, 0.25) is 11.9 Å². The van der Waals surface area contributed by atoms with E-state index in [0.29, 0.717) is 11.9 Å². The monoisotopic (exact) mass is 297 g/mol. The van der Waals surface area contributed by atoms with Gasteiger partial charge in [0.25, 0.3) is 0 Å². The molecule has 0 saturated carbocycles. The average molecular weight is 297 g/mol. The molecule has 3 N–H and O–H groups in total. The van der Waals surface area contributed by atoms with E-state index in [9.17, 15) is 0 Å². The third-order valence-electron chi connectivity index (χ3n) is 4.80. The zero-order valence-corrected chi connectivity index (χ0v) is 13.4. The second-order valence-electron chi connectivity index (χ2n) is 6.21. The topological polar surface area (TPSA) is 76.7 Å². The second-order valence-corrected chi connectivity index (χ2v) is 6.21. The maximum Gasteiger partial charge on any atom is 0.228 e. The molecule has 0 amide bonds. The van der Waals surface area contributed by atoms with Crippen LogP contribution in [0.4, 0.5) is 11.9 Å². The molecule has 2 atom stereocenters. The molecule has 0 aliphatic heterocycles. The molecule has 0 bridgehead atoms. The van der Waals surface area contributed by atoms with Crippen molar-refractivity contribution >= 4 is 11.9 Å². The Hall–Kier alpha value is -2.17. The molecule has 3 rings (SSSR count). The number of rotatable bonds is 3. The number of nitrogen functional groups attached to an aromatic ring is 1. The summed E-state index contributed by atoms with van der Waals surface area (Å²) in [6.07, 6.45) is 3.00. The lowest BCUT2D eigenvalue weighted by Gasteiger charge is -2.42. The fourth-order valence-corrected chi connectivity index (χ4v) is 3.25. The van der Waals surface area contributed by atoms with Gasteiger partial charge >= 0.3 is 0 Å². The summed E-state index contributed by atoms with van der Waals surface area (Å²) >= 11 is 0. The second kappa shape index (κ2) is 5.55. The lowest BCUT2D eigenvalue weighted by Crippen LogP contribution is -2.43. The van der Waals surface area contributed by atoms with Gasteiger partial charge in [-0.3, -0.25) is 0 Å². The first-order chi connectivity index (χ1) is 10.5. The summed E-state index contributed by atoms with van der Waals surface area (Å²) in [5, 5.41) is 3.54. The van der Waals surface area contributed by atoms with Crippen molar-refractivity contribution in [1.29, 1.82) is 0 Å². The van der Waals surface area contributed by atoms with Crippen LogP contribution in [-0.4, -0.2) is 15.0 Å². The van der Waals surface area contributed by atoms with Gasteiger partial charge in [0.05, 0.1) is 5.54 Å². The van der Waals surface area contributed by atoms with Crippen LogP contribution < -0.4 is 11.1 Å². The van der Waals surface area contributed by atoms with Gasteiger partial charge in [-0.15, -0.1) is 0 Å². The van der Waals surface area contributed by atoms with Crippen LogP contribution in [-0.2, 0) is 18.4 Å². The van der Waals surface area contributed by atoms with Crippen molar-refractivity contribution in [3.8, 4) is 0 Å². The summed E-state index contributed by atoms with van der Waals surface area (Å²) in [6.45, 7) is 6.51. The molecule has 0 fully saturated rings. The van der Waals surface area contributed by atoms with Crippen LogP contribution in [0, 0.1) is 5.92 Å². The van der Waals surface area contributed by atoms with Gasteiger partial charge < -0.3 is 11.1 Å². The maximum absolute atomic E-state index is 5.81. The fourth-order valence-electron chi connectivity index (χ4n) is 3.25. The smallest absolute Gasteiger partial charge is 0.228 e. The van der Waals surface area contributed by atoms with Crippen molar-refractivity contribution in [2.45, 2.75) is 45.6 Å². The van der Waals surface area contributed by atoms with Gasteiger partial charge in [0.1, 0.15) is 5.82 Å². The molecular formula is C17H23N5. The minimum Gasteiger partial charge on any atom is -0.368 e. The van der Waals surface area contributed by atoms with Gasteiger partial charge in [-0.25, -0.2) is 0 Å². The molecule has 1 aromatic heterocycles. The minimum atomic E-state index is -0.201. The van der Waals surface area contributed by atoms with Crippen molar-refractivity contribution in [2.75, 3.05) is 11.1 Å². The van der Waals surface area contributed by atoms with Crippen LogP contribution in [0.2, 0.25) is 0 Å². The summed E-state index contributed by atoms with van der Waals surface area (Å²) in [7, 11) is 0. The molecule has 1 aliphatic carbocycles. The Morgan fingerprint density at radius 2 is 2.05 bits per heavy atom. The first-order valence-electron chi connectivity index (χ1n) is 7.90. The summed E-state index contributed by atoms with van der Waals surface area (Å²) in [5.74, 6) is 2.03. The molecule has 116 valence electrons. The highest BCUT2D eigenvalue weighted by Gasteiger charge is 2.38. The summed E-state index contributed by atoms with van der Waals surface area (Å²) in [4.78, 5) is 12.9. The van der Waals surface area contributed by atoms with Gasteiger partial charge in [0.15, 0.2) is 0 Å². The highest BCUT2D eigenvalue weighted by atomic mass is 15.2. The molecule has 0 spiro atoms. The lowest BCUT2D eigenvalue weighted by molar-refractivity contribution is 0.311. The Bertz CT molecular complexity index is 684. The van der Waals surface area contributed by atoms with Gasteiger partial charge in [-0.1, -0.05) is 38.1 Å². The Balaban J connectivity index is 2.01. The van der Waals surface area contributed by atoms with Crippen molar-refractivity contribution in [3.63, 3.8) is 0 Å². The molecule has 1 aromatic carbocycles. The Kier molecular flexibility index (Phi) is 3.72. The molecule has 0 radical (unpaired) electrons. The molecule has 1 aliphatic rings. The molecule has 5 nitrogen and oxygen atoms in total. The van der Waals surface area contributed by atoms with Gasteiger partial charge in [-0.05, 0) is 36.8 Å². The minimum absolute atomic E-state index is 0.201. The summed E-state index contributed by atoms with van der Waals surface area (Å²) < 4.78 is 0. The van der Waals surface area contributed by atoms with Gasteiger partial charge in [-0.2, -0.15) is 15.0 Å². The molecule has 0 unspecified atom stereocenters. The number of nitrogens with one attached hydrogen (secondary N) is 1. The van der Waals surface area contributed by atoms with E-state index in [2.05, 4.69) is 58.4 Å². The van der Waals surface area contributed by atoms with E-state index >= 15 is 0 Å². The van der Waals surface area contributed by atoms with Gasteiger partial charge in [0, 0.05) is 6.42 Å². The molecule has 5 heteroatoms. The van der Waals surface area contributed by atoms with Crippen molar-refractivity contribution in [3.05, 3.63) is 41.2 Å². The molecule has 22 heavy (non-hydrogen) atoms. The van der Waals surface area contributed by atoms with E-state index in [1.807, 2.05) is 6.92 Å². The van der Waals surface area contributed by atoms with E-state index in [1.165, 1.54) is 11.1 Å². The number of nitrogens with zero attached hydrogens (tertiary/aromatic N) is 3. The highest BCUT2D eigenvalue weighted by molar-refractivity contribution is 5.44. The quantitative estimate of drug-likeness (QED) is 0.911. The number of nitrogens with two attached hydrogens (primary N) is 1. The Morgan fingerprint density at radius 3 is 2.82 bits per heavy atom. The van der Waals surface area contributed by atoms with Crippen LogP contribution in [0.5, 0.6) is 0 Å². The van der Waals surface area contributed by atoms with Crippen LogP contribution in [0.3, 0.4) is 0 Å². The average Bonchev–Trinajstić information content (AvgIpc) is 2.51. The third kappa shape index (κ3) is 2.51. The van der Waals surface area contributed by atoms with Crippen molar-refractivity contribution in [1.82, 2.24) is 15.0 Å². The Morgan fingerprint density at radius 1 is 1.27 bits per heavy atom. The SMILES string of the molecule is CCc1nc(N)nc(N[C@@]2(C)c3ccccc3CC[C@@H]2C)n1. The molecule has 2 aromatic rings. The van der Waals surface area contributed by atoms with E-state index in [-0.39, 0.29) is 11.5 Å². The summed E-state index contributed by atoms with van der Waals surface area (Å²) in [6, 6.07) is 8.60. The molecular weight excluding hydrogens is 274 g/mol. The van der Waals surface area contributed by atoms with Crippen LogP contribution in [0.15, 0.2) is 24.3 Å². The van der Waals surface area contributed by atoms with E-state index < -0.39 is 0 Å². The van der Waals surface area contributed by atoms with Crippen LogP contribution >= 0.6 is 0 Å². The van der Waals surface area contributed by atoms with Crippen molar-refractivity contribution in [2.24, 2.45) is 5.92 Å². The first kappa shape index (κ1) is 14.8. The zero-order valence-electron chi connectivity index (χ0n) is 13.4. The number of benzene rings is 1. The largest absolute Gasteiger partial charge is 0.368 e. The van der Waals surface area contributed by atoms with Crippen LogP contribution in [0.1, 0.15) is 44.1 Å². The Labute approximate surface area is 131 Å². The van der Waals surface area contributed by atoms with Crippen molar-refractivity contribution < 1.29 is 0 Å². The van der Waals surface area contributed by atoms with E-state index in [4.69, 9.17) is 5.73 Å². The standard InChI is InChI=1S/C17H23N5/c1-4-14-19-15(18)21-16(20-14)22-17(3)11(2)9-10-12-7-5-6-8-13(12)17/h5-8,11H,4,9-10H2,1-3H3,(H3,18,19,20,21,22)/t11-,17+/m0/s1. The molecule has 0 saturated heterocycles. The molecule has 1 heterocycles. The zero-order chi connectivity index (χ0) is 15.7. The normalized spacial score (nSPS) is 23.9. The number of fused-ring (bicyclic) bond motifs is 1. The highest BCUT2D eigenvalue weighted by Crippen LogP contribution is 2.41. The number of hydrogen-bond donors (Lipinski definition) is 2.